The lowest BCUT2D eigenvalue weighted by Gasteiger charge is -2.23. The van der Waals surface area contributed by atoms with Gasteiger partial charge in [0.15, 0.2) is 5.82 Å². The summed E-state index contributed by atoms with van der Waals surface area (Å²) < 4.78 is 44.5. The number of carbonyl (C=O) groups is 1. The molecule has 150 valence electrons. The van der Waals surface area contributed by atoms with E-state index in [4.69, 9.17) is 16.3 Å². The highest BCUT2D eigenvalue weighted by molar-refractivity contribution is 6.28. The highest BCUT2D eigenvalue weighted by Gasteiger charge is 2.42. The normalized spacial score (nSPS) is 15.7. The highest BCUT2D eigenvalue weighted by Crippen LogP contribution is 2.45. The maximum atomic E-state index is 13.1. The first kappa shape index (κ1) is 20.3. The molecule has 0 atom stereocenters. The summed E-state index contributed by atoms with van der Waals surface area (Å²) in [5, 5.41) is -0.0952. The number of halogens is 4. The SMILES string of the molecule is CC(C)OC(=O)c1cnc(Cl)nc1N1CC(C)(C)c2nc(C(F)(F)F)ccc21. The summed E-state index contributed by atoms with van der Waals surface area (Å²) in [4.78, 5) is 25.9. The number of hydrogen-bond acceptors (Lipinski definition) is 6. The molecule has 0 spiro atoms. The fourth-order valence-electron chi connectivity index (χ4n) is 3.05. The highest BCUT2D eigenvalue weighted by atomic mass is 35.5. The predicted molar refractivity (Wildman–Crippen MR) is 96.9 cm³/mol. The third kappa shape index (κ3) is 3.76. The van der Waals surface area contributed by atoms with Crippen LogP contribution in [0, 0.1) is 0 Å². The van der Waals surface area contributed by atoms with E-state index in [2.05, 4.69) is 15.0 Å². The summed E-state index contributed by atoms with van der Waals surface area (Å²) in [5.41, 5.74) is -0.928. The number of carbonyl (C=O) groups excluding carboxylic acids is 1. The van der Waals surface area contributed by atoms with E-state index in [0.717, 1.165) is 6.07 Å². The molecule has 2 aromatic rings. The topological polar surface area (TPSA) is 68.2 Å². The molecule has 0 saturated heterocycles. The van der Waals surface area contributed by atoms with Gasteiger partial charge in [-0.05, 0) is 37.6 Å². The Kier molecular flexibility index (Phi) is 4.99. The second-order valence-electron chi connectivity index (χ2n) is 7.36. The Hall–Kier alpha value is -2.42. The van der Waals surface area contributed by atoms with Crippen molar-refractivity contribution < 1.29 is 22.7 Å². The molecule has 0 saturated carbocycles. The van der Waals surface area contributed by atoms with Gasteiger partial charge in [0.1, 0.15) is 11.3 Å². The van der Waals surface area contributed by atoms with Gasteiger partial charge in [0.25, 0.3) is 0 Å². The van der Waals surface area contributed by atoms with Crippen molar-refractivity contribution in [3.05, 3.63) is 40.6 Å². The number of esters is 1. The van der Waals surface area contributed by atoms with Gasteiger partial charge in [0, 0.05) is 18.2 Å². The summed E-state index contributed by atoms with van der Waals surface area (Å²) in [7, 11) is 0. The van der Waals surface area contributed by atoms with Crippen molar-refractivity contribution in [2.75, 3.05) is 11.4 Å². The minimum atomic E-state index is -4.55. The molecular formula is C18H18ClF3N4O2. The van der Waals surface area contributed by atoms with E-state index in [9.17, 15) is 18.0 Å². The smallest absolute Gasteiger partial charge is 0.433 e. The van der Waals surface area contributed by atoms with Gasteiger partial charge in [-0.3, -0.25) is 0 Å². The van der Waals surface area contributed by atoms with Crippen LogP contribution in [-0.4, -0.2) is 33.6 Å². The third-order valence-corrected chi connectivity index (χ3v) is 4.39. The average molecular weight is 415 g/mol. The molecule has 0 N–H and O–H groups in total. The van der Waals surface area contributed by atoms with E-state index in [0.29, 0.717) is 5.69 Å². The van der Waals surface area contributed by atoms with Crippen molar-refractivity contribution in [2.45, 2.75) is 45.4 Å². The van der Waals surface area contributed by atoms with E-state index in [-0.39, 0.29) is 35.0 Å². The average Bonchev–Trinajstić information content (AvgIpc) is 2.84. The zero-order chi connectivity index (χ0) is 20.9. The van der Waals surface area contributed by atoms with Gasteiger partial charge < -0.3 is 9.64 Å². The number of pyridine rings is 1. The predicted octanol–water partition coefficient (Wildman–Crippen LogP) is 4.54. The van der Waals surface area contributed by atoms with Crippen LogP contribution in [0.25, 0.3) is 0 Å². The summed E-state index contributed by atoms with van der Waals surface area (Å²) in [6.07, 6.45) is -3.67. The number of fused-ring (bicyclic) bond motifs is 1. The molecule has 0 aromatic carbocycles. The van der Waals surface area contributed by atoms with Crippen molar-refractivity contribution >= 4 is 29.1 Å². The molecule has 10 heteroatoms. The van der Waals surface area contributed by atoms with Crippen molar-refractivity contribution in [3.63, 3.8) is 0 Å². The van der Waals surface area contributed by atoms with Gasteiger partial charge in [-0.2, -0.15) is 18.2 Å². The molecule has 28 heavy (non-hydrogen) atoms. The fourth-order valence-corrected chi connectivity index (χ4v) is 3.18. The molecule has 1 aliphatic rings. The Balaban J connectivity index is 2.13. The van der Waals surface area contributed by atoms with Crippen LogP contribution in [-0.2, 0) is 16.3 Å². The molecule has 0 amide bonds. The Labute approximate surface area is 164 Å². The summed E-state index contributed by atoms with van der Waals surface area (Å²) >= 11 is 5.92. The van der Waals surface area contributed by atoms with Gasteiger partial charge in [0.2, 0.25) is 5.28 Å². The number of hydrogen-bond donors (Lipinski definition) is 0. The number of anilines is 2. The van der Waals surface area contributed by atoms with Crippen molar-refractivity contribution in [3.8, 4) is 0 Å². The Morgan fingerprint density at radius 2 is 1.96 bits per heavy atom. The molecule has 0 unspecified atom stereocenters. The molecule has 6 nitrogen and oxygen atoms in total. The van der Waals surface area contributed by atoms with Gasteiger partial charge in [0.05, 0.1) is 17.5 Å². The maximum absolute atomic E-state index is 13.1. The van der Waals surface area contributed by atoms with Crippen LogP contribution < -0.4 is 4.90 Å². The third-order valence-electron chi connectivity index (χ3n) is 4.21. The van der Waals surface area contributed by atoms with E-state index >= 15 is 0 Å². The Morgan fingerprint density at radius 3 is 2.57 bits per heavy atom. The molecule has 0 bridgehead atoms. The lowest BCUT2D eigenvalue weighted by Crippen LogP contribution is -2.28. The number of rotatable bonds is 3. The van der Waals surface area contributed by atoms with E-state index in [1.165, 1.54) is 12.3 Å². The van der Waals surface area contributed by atoms with Crippen LogP contribution in [0.1, 0.15) is 49.4 Å². The van der Waals surface area contributed by atoms with Crippen molar-refractivity contribution in [2.24, 2.45) is 0 Å². The van der Waals surface area contributed by atoms with Crippen LogP contribution >= 0.6 is 11.6 Å². The summed E-state index contributed by atoms with van der Waals surface area (Å²) in [6, 6.07) is 2.23. The molecule has 0 aliphatic carbocycles. The molecule has 0 fully saturated rings. The van der Waals surface area contributed by atoms with Crippen LogP contribution in [0.5, 0.6) is 0 Å². The van der Waals surface area contributed by atoms with Crippen LogP contribution in [0.15, 0.2) is 18.3 Å². The van der Waals surface area contributed by atoms with Gasteiger partial charge >= 0.3 is 12.1 Å². The number of ether oxygens (including phenoxy) is 1. The number of nitrogens with zero attached hydrogens (tertiary/aromatic N) is 4. The molecular weight excluding hydrogens is 397 g/mol. The molecule has 2 aromatic heterocycles. The number of alkyl halides is 3. The summed E-state index contributed by atoms with van der Waals surface area (Å²) in [6.45, 7) is 7.20. The maximum Gasteiger partial charge on any atom is 0.433 e. The quantitative estimate of drug-likeness (QED) is 0.542. The second kappa shape index (κ2) is 6.88. The van der Waals surface area contributed by atoms with Gasteiger partial charge in [-0.25, -0.2) is 14.8 Å². The van der Waals surface area contributed by atoms with Gasteiger partial charge in [-0.15, -0.1) is 0 Å². The van der Waals surface area contributed by atoms with E-state index in [1.54, 1.807) is 32.6 Å². The lowest BCUT2D eigenvalue weighted by molar-refractivity contribution is -0.141. The van der Waals surface area contributed by atoms with Crippen LogP contribution in [0.2, 0.25) is 5.28 Å². The molecule has 3 rings (SSSR count). The lowest BCUT2D eigenvalue weighted by atomic mass is 9.91. The first-order valence-electron chi connectivity index (χ1n) is 8.50. The molecule has 3 heterocycles. The summed E-state index contributed by atoms with van der Waals surface area (Å²) in [5.74, 6) is -0.480. The number of aromatic nitrogens is 3. The van der Waals surface area contributed by atoms with E-state index < -0.39 is 23.3 Å². The van der Waals surface area contributed by atoms with Crippen LogP contribution in [0.4, 0.5) is 24.7 Å². The van der Waals surface area contributed by atoms with Crippen molar-refractivity contribution in [1.82, 2.24) is 15.0 Å². The van der Waals surface area contributed by atoms with Gasteiger partial charge in [-0.1, -0.05) is 13.8 Å². The zero-order valence-corrected chi connectivity index (χ0v) is 16.4. The largest absolute Gasteiger partial charge is 0.459 e. The Bertz CT molecular complexity index is 932. The molecule has 1 aliphatic heterocycles. The first-order valence-corrected chi connectivity index (χ1v) is 8.88. The van der Waals surface area contributed by atoms with Crippen molar-refractivity contribution in [1.29, 1.82) is 0 Å². The Morgan fingerprint density at radius 1 is 1.29 bits per heavy atom. The first-order chi connectivity index (χ1) is 12.9. The van der Waals surface area contributed by atoms with E-state index in [1.807, 2.05) is 0 Å². The van der Waals surface area contributed by atoms with Crippen LogP contribution in [0.3, 0.4) is 0 Å². The monoisotopic (exact) mass is 414 g/mol. The fraction of sp³-hybridized carbons (Fsp3) is 0.444. The second-order valence-corrected chi connectivity index (χ2v) is 7.70. The molecule has 0 radical (unpaired) electrons. The zero-order valence-electron chi connectivity index (χ0n) is 15.6. The minimum Gasteiger partial charge on any atom is -0.459 e. The standard InChI is InChI=1S/C18H18ClF3N4O2/c1-9(2)28-15(27)10-7-23-16(19)25-14(10)26-8-17(3,4)13-11(26)5-6-12(24-13)18(20,21)22/h5-7,9H,8H2,1-4H3. The minimum absolute atomic E-state index is 0.0710.